The number of nitrogen functional groups attached to an aromatic ring is 1. The highest BCUT2D eigenvalue weighted by molar-refractivity contribution is 5.86. The van der Waals surface area contributed by atoms with Crippen LogP contribution in [0.3, 0.4) is 0 Å². The minimum atomic E-state index is 0.181. The first kappa shape index (κ1) is 19.1. The SMILES string of the molecule is CC1C=CN(C2CCN(c3cnc4ccc(-c5ccc6oc(N)nc6c5)cc4n3)CC2)N1. The molecule has 0 radical (unpaired) electrons. The molecule has 1 unspecified atom stereocenters. The second kappa shape index (κ2) is 7.49. The minimum Gasteiger partial charge on any atom is -0.424 e. The van der Waals surface area contributed by atoms with Gasteiger partial charge in [0, 0.05) is 31.4 Å². The summed E-state index contributed by atoms with van der Waals surface area (Å²) in [5, 5.41) is 2.26. The number of aromatic nitrogens is 3. The molecule has 0 bridgehead atoms. The molecule has 1 atom stereocenters. The molecule has 2 aliphatic heterocycles. The molecule has 8 heteroatoms. The number of fused-ring (bicyclic) bond motifs is 2. The molecular formula is C24H25N7O. The topological polar surface area (TPSA) is 96.3 Å². The lowest BCUT2D eigenvalue weighted by atomic mass is 10.0. The van der Waals surface area contributed by atoms with Crippen LogP contribution in [-0.4, -0.2) is 45.1 Å². The van der Waals surface area contributed by atoms with Crippen molar-refractivity contribution in [2.24, 2.45) is 0 Å². The van der Waals surface area contributed by atoms with Gasteiger partial charge in [-0.25, -0.2) is 10.4 Å². The van der Waals surface area contributed by atoms with Gasteiger partial charge in [0.2, 0.25) is 0 Å². The molecule has 0 spiro atoms. The van der Waals surface area contributed by atoms with Gasteiger partial charge in [0.1, 0.15) is 11.3 Å². The molecule has 1 saturated heterocycles. The van der Waals surface area contributed by atoms with Crippen molar-refractivity contribution in [3.05, 3.63) is 54.9 Å². The third-order valence-corrected chi connectivity index (χ3v) is 6.34. The van der Waals surface area contributed by atoms with Crippen LogP contribution in [0.25, 0.3) is 33.3 Å². The van der Waals surface area contributed by atoms with E-state index in [2.05, 4.69) is 56.6 Å². The first-order chi connectivity index (χ1) is 15.6. The lowest BCUT2D eigenvalue weighted by Crippen LogP contribution is -2.47. The molecule has 32 heavy (non-hydrogen) atoms. The van der Waals surface area contributed by atoms with Gasteiger partial charge in [0.15, 0.2) is 5.58 Å². The van der Waals surface area contributed by atoms with E-state index in [1.807, 2.05) is 30.5 Å². The number of nitrogens with zero attached hydrogens (tertiary/aromatic N) is 5. The lowest BCUT2D eigenvalue weighted by Gasteiger charge is -2.37. The number of hydrogen-bond donors (Lipinski definition) is 2. The van der Waals surface area contributed by atoms with Crippen LogP contribution in [0.1, 0.15) is 19.8 Å². The molecule has 2 aromatic carbocycles. The predicted octanol–water partition coefficient (Wildman–Crippen LogP) is 3.71. The fourth-order valence-corrected chi connectivity index (χ4v) is 4.60. The van der Waals surface area contributed by atoms with Crippen molar-refractivity contribution in [2.45, 2.75) is 31.8 Å². The second-order valence-corrected chi connectivity index (χ2v) is 8.55. The summed E-state index contributed by atoms with van der Waals surface area (Å²) in [6, 6.07) is 13.2. The smallest absolute Gasteiger partial charge is 0.292 e. The average Bonchev–Trinajstić information content (AvgIpc) is 3.42. The van der Waals surface area contributed by atoms with Crippen molar-refractivity contribution in [2.75, 3.05) is 23.7 Å². The molecule has 2 aliphatic rings. The van der Waals surface area contributed by atoms with E-state index < -0.39 is 0 Å². The predicted molar refractivity (Wildman–Crippen MR) is 126 cm³/mol. The van der Waals surface area contributed by atoms with E-state index in [1.54, 1.807) is 0 Å². The van der Waals surface area contributed by atoms with Crippen molar-refractivity contribution in [1.29, 1.82) is 0 Å². The first-order valence-electron chi connectivity index (χ1n) is 11.0. The number of nitrogens with one attached hydrogen (secondary N) is 1. The van der Waals surface area contributed by atoms with Gasteiger partial charge in [-0.3, -0.25) is 4.98 Å². The maximum absolute atomic E-state index is 5.68. The molecule has 2 aromatic heterocycles. The molecule has 0 aliphatic carbocycles. The zero-order valence-electron chi connectivity index (χ0n) is 17.9. The van der Waals surface area contributed by atoms with Gasteiger partial charge in [-0.05, 0) is 61.2 Å². The third kappa shape index (κ3) is 3.42. The van der Waals surface area contributed by atoms with E-state index in [0.29, 0.717) is 17.7 Å². The molecule has 6 rings (SSSR count). The van der Waals surface area contributed by atoms with Crippen LogP contribution in [0.5, 0.6) is 0 Å². The first-order valence-corrected chi connectivity index (χ1v) is 11.0. The van der Waals surface area contributed by atoms with Gasteiger partial charge >= 0.3 is 0 Å². The molecule has 0 amide bonds. The highest BCUT2D eigenvalue weighted by Crippen LogP contribution is 2.28. The lowest BCUT2D eigenvalue weighted by molar-refractivity contribution is 0.175. The molecule has 4 aromatic rings. The van der Waals surface area contributed by atoms with Crippen molar-refractivity contribution in [3.63, 3.8) is 0 Å². The number of hydrogen-bond acceptors (Lipinski definition) is 8. The average molecular weight is 428 g/mol. The summed E-state index contributed by atoms with van der Waals surface area (Å²) in [6.45, 7) is 4.11. The Kier molecular flexibility index (Phi) is 4.46. The number of nitrogens with two attached hydrogens (primary N) is 1. The van der Waals surface area contributed by atoms with Crippen molar-refractivity contribution in [3.8, 4) is 11.1 Å². The maximum Gasteiger partial charge on any atom is 0.292 e. The molecule has 1 fully saturated rings. The molecule has 162 valence electrons. The fourth-order valence-electron chi connectivity index (χ4n) is 4.60. The van der Waals surface area contributed by atoms with Crippen LogP contribution >= 0.6 is 0 Å². The van der Waals surface area contributed by atoms with Gasteiger partial charge in [0.25, 0.3) is 6.01 Å². The fraction of sp³-hybridized carbons (Fsp3) is 0.292. The Balaban J connectivity index is 1.24. The van der Waals surface area contributed by atoms with Gasteiger partial charge in [0.05, 0.1) is 17.2 Å². The van der Waals surface area contributed by atoms with Gasteiger partial charge in [-0.15, -0.1) is 0 Å². The highest BCUT2D eigenvalue weighted by atomic mass is 16.4. The standard InChI is InChI=1S/C24H25N7O/c1-15-6-11-31(29-15)18-7-9-30(10-8-18)23-14-26-19-4-2-16(12-20(19)27-23)17-3-5-22-21(13-17)28-24(25)32-22/h2-6,11-15,18,29H,7-10H2,1H3,(H2,25,28). The van der Waals surface area contributed by atoms with E-state index >= 15 is 0 Å². The number of benzene rings is 2. The summed E-state index contributed by atoms with van der Waals surface area (Å²) >= 11 is 0. The third-order valence-electron chi connectivity index (χ3n) is 6.34. The molecular weight excluding hydrogens is 402 g/mol. The normalized spacial score (nSPS) is 19.5. The molecule has 8 nitrogen and oxygen atoms in total. The maximum atomic E-state index is 5.68. The van der Waals surface area contributed by atoms with Crippen molar-refractivity contribution < 1.29 is 4.42 Å². The summed E-state index contributed by atoms with van der Waals surface area (Å²) in [5.74, 6) is 0.936. The number of piperidine rings is 1. The van der Waals surface area contributed by atoms with Crippen LogP contribution in [-0.2, 0) is 0 Å². The molecule has 0 saturated carbocycles. The van der Waals surface area contributed by atoms with Crippen molar-refractivity contribution in [1.82, 2.24) is 25.4 Å². The van der Waals surface area contributed by atoms with Crippen molar-refractivity contribution >= 4 is 34.0 Å². The summed E-state index contributed by atoms with van der Waals surface area (Å²) in [7, 11) is 0. The van der Waals surface area contributed by atoms with E-state index in [4.69, 9.17) is 15.1 Å². The zero-order valence-corrected chi connectivity index (χ0v) is 17.9. The van der Waals surface area contributed by atoms with E-state index in [0.717, 1.165) is 59.4 Å². The summed E-state index contributed by atoms with van der Waals surface area (Å²) in [4.78, 5) is 16.2. The Labute approximate surface area is 185 Å². The largest absolute Gasteiger partial charge is 0.424 e. The van der Waals surface area contributed by atoms with Crippen LogP contribution in [0.15, 0.2) is 59.3 Å². The number of anilines is 2. The summed E-state index contributed by atoms with van der Waals surface area (Å²) in [6.07, 6.45) is 8.44. The molecule has 3 N–H and O–H groups in total. The van der Waals surface area contributed by atoms with Crippen LogP contribution in [0, 0.1) is 0 Å². The number of oxazole rings is 1. The number of hydrazine groups is 1. The highest BCUT2D eigenvalue weighted by Gasteiger charge is 2.26. The zero-order chi connectivity index (χ0) is 21.7. The summed E-state index contributed by atoms with van der Waals surface area (Å²) in [5.41, 5.74) is 14.5. The quantitative estimate of drug-likeness (QED) is 0.511. The van der Waals surface area contributed by atoms with Gasteiger partial charge in [-0.1, -0.05) is 12.1 Å². The van der Waals surface area contributed by atoms with Crippen LogP contribution in [0.2, 0.25) is 0 Å². The Morgan fingerprint density at radius 2 is 1.78 bits per heavy atom. The Hall–Kier alpha value is -3.65. The monoisotopic (exact) mass is 427 g/mol. The second-order valence-electron chi connectivity index (χ2n) is 8.55. The van der Waals surface area contributed by atoms with Gasteiger partial charge in [-0.2, -0.15) is 4.98 Å². The number of rotatable bonds is 3. The van der Waals surface area contributed by atoms with E-state index in [1.165, 1.54) is 0 Å². The minimum absolute atomic E-state index is 0.181. The summed E-state index contributed by atoms with van der Waals surface area (Å²) < 4.78 is 5.39. The van der Waals surface area contributed by atoms with E-state index in [-0.39, 0.29) is 6.01 Å². The van der Waals surface area contributed by atoms with Crippen LogP contribution < -0.4 is 16.1 Å². The Morgan fingerprint density at radius 1 is 1.00 bits per heavy atom. The Morgan fingerprint density at radius 3 is 2.56 bits per heavy atom. The van der Waals surface area contributed by atoms with Crippen LogP contribution in [0.4, 0.5) is 11.8 Å². The van der Waals surface area contributed by atoms with Gasteiger partial charge < -0.3 is 20.1 Å². The molecule has 4 heterocycles. The van der Waals surface area contributed by atoms with E-state index in [9.17, 15) is 0 Å². The Bertz CT molecular complexity index is 1320.